The van der Waals surface area contributed by atoms with Crippen molar-refractivity contribution in [1.29, 1.82) is 0 Å². The molecular formula is C33H60O7. The van der Waals surface area contributed by atoms with Gasteiger partial charge in [0.15, 0.2) is 0 Å². The lowest BCUT2D eigenvalue weighted by atomic mass is 9.91. The molecule has 0 N–H and O–H groups in total. The number of esters is 3. The Kier molecular flexibility index (Phi) is 25.6. The van der Waals surface area contributed by atoms with Gasteiger partial charge in [-0.15, -0.1) is 0 Å². The van der Waals surface area contributed by atoms with Gasteiger partial charge in [0.05, 0.1) is 17.4 Å². The fourth-order valence-electron chi connectivity index (χ4n) is 2.35. The van der Waals surface area contributed by atoms with Crippen molar-refractivity contribution >= 4 is 17.9 Å². The number of carbonyl (C=O) groups excluding carboxylic acids is 3. The van der Waals surface area contributed by atoms with Crippen molar-refractivity contribution in [2.75, 3.05) is 26.4 Å². The van der Waals surface area contributed by atoms with Crippen LogP contribution in [-0.2, 0) is 33.3 Å². The smallest absolute Gasteiger partial charge is 0.311 e. The summed E-state index contributed by atoms with van der Waals surface area (Å²) < 4.78 is 19.5. The first-order chi connectivity index (χ1) is 18.8. The minimum absolute atomic E-state index is 0.125. The first-order valence-corrected chi connectivity index (χ1v) is 14.9. The molecule has 1 saturated heterocycles. The van der Waals surface area contributed by atoms with Gasteiger partial charge in [0.25, 0.3) is 0 Å². The number of hydrogen-bond acceptors (Lipinski definition) is 7. The second-order valence-corrected chi connectivity index (χ2v) is 10.2. The van der Waals surface area contributed by atoms with E-state index in [0.29, 0.717) is 12.5 Å². The Bertz CT molecular complexity index is 768. The van der Waals surface area contributed by atoms with E-state index in [-0.39, 0.29) is 42.6 Å². The zero-order chi connectivity index (χ0) is 31.8. The molecule has 1 aliphatic heterocycles. The van der Waals surface area contributed by atoms with Crippen LogP contribution in [0.25, 0.3) is 0 Å². The van der Waals surface area contributed by atoms with E-state index in [0.717, 1.165) is 19.4 Å². The van der Waals surface area contributed by atoms with E-state index in [1.165, 1.54) is 18.9 Å². The van der Waals surface area contributed by atoms with Gasteiger partial charge in [0, 0.05) is 6.92 Å². The summed E-state index contributed by atoms with van der Waals surface area (Å²) >= 11 is 0. The predicted molar refractivity (Wildman–Crippen MR) is 164 cm³/mol. The summed E-state index contributed by atoms with van der Waals surface area (Å²) in [5.74, 6) is -0.0374. The molecule has 0 saturated carbocycles. The predicted octanol–water partition coefficient (Wildman–Crippen LogP) is 8.15. The molecule has 2 unspecified atom stereocenters. The number of epoxide rings is 1. The summed E-state index contributed by atoms with van der Waals surface area (Å²) in [6.07, 6.45) is 2.92. The van der Waals surface area contributed by atoms with Crippen LogP contribution in [0.15, 0.2) is 30.3 Å². The lowest BCUT2D eigenvalue weighted by molar-refractivity contribution is -0.158. The maximum atomic E-state index is 11.4. The Morgan fingerprint density at radius 1 is 0.825 bits per heavy atom. The highest BCUT2D eigenvalue weighted by Gasteiger charge is 2.30. The Balaban J connectivity index is -0.000000486. The number of ether oxygens (including phenoxy) is 4. The molecule has 1 heterocycles. The van der Waals surface area contributed by atoms with Crippen LogP contribution in [0.5, 0.6) is 0 Å². The van der Waals surface area contributed by atoms with Gasteiger partial charge in [0.2, 0.25) is 0 Å². The molecular weight excluding hydrogens is 508 g/mol. The van der Waals surface area contributed by atoms with Gasteiger partial charge in [-0.25, -0.2) is 0 Å². The Morgan fingerprint density at radius 3 is 1.62 bits per heavy atom. The number of carbonyl (C=O) groups is 3. The van der Waals surface area contributed by atoms with Crippen molar-refractivity contribution in [3.8, 4) is 0 Å². The van der Waals surface area contributed by atoms with Gasteiger partial charge in [-0.3, -0.25) is 14.4 Å². The van der Waals surface area contributed by atoms with Gasteiger partial charge >= 0.3 is 17.9 Å². The summed E-state index contributed by atoms with van der Waals surface area (Å²) in [5.41, 5.74) is 0.635. The number of benzene rings is 1. The lowest BCUT2D eigenvalue weighted by Gasteiger charge is -2.20. The topological polar surface area (TPSA) is 91.4 Å². The van der Waals surface area contributed by atoms with Crippen LogP contribution in [0.2, 0.25) is 0 Å². The molecule has 2 atom stereocenters. The van der Waals surface area contributed by atoms with Gasteiger partial charge in [-0.2, -0.15) is 0 Å². The molecule has 2 rings (SSSR count). The van der Waals surface area contributed by atoms with Crippen molar-refractivity contribution < 1.29 is 33.3 Å². The minimum atomic E-state index is -0.462. The second-order valence-electron chi connectivity index (χ2n) is 10.2. The molecule has 1 aliphatic rings. The lowest BCUT2D eigenvalue weighted by Crippen LogP contribution is -2.27. The van der Waals surface area contributed by atoms with Crippen LogP contribution < -0.4 is 0 Å². The molecule has 7 heteroatoms. The first-order valence-electron chi connectivity index (χ1n) is 14.9. The third-order valence-electron chi connectivity index (χ3n) is 6.28. The van der Waals surface area contributed by atoms with Crippen LogP contribution >= 0.6 is 0 Å². The standard InChI is InChI=1S/C10H18O4.C10H14.C9H16O3.2C2H6/c1-5-10(3,4)9(12)14-7-6-13-8(2)11;1-3-9(2)10-7-5-4-6-8-10;1-4-9(2,3)8(10)12-6-7-5-11-7;2*1-2/h5-7H2,1-4H3;4-9H,3H2,1-2H3;7H,4-6H2,1-3H3;2*1-2H3. The van der Waals surface area contributed by atoms with Gasteiger partial charge in [-0.05, 0) is 58.4 Å². The monoisotopic (exact) mass is 568 g/mol. The van der Waals surface area contributed by atoms with Gasteiger partial charge in [-0.1, -0.05) is 85.7 Å². The largest absolute Gasteiger partial charge is 0.462 e. The molecule has 40 heavy (non-hydrogen) atoms. The van der Waals surface area contributed by atoms with Crippen molar-refractivity contribution in [3.63, 3.8) is 0 Å². The minimum Gasteiger partial charge on any atom is -0.462 e. The molecule has 0 radical (unpaired) electrons. The summed E-state index contributed by atoms with van der Waals surface area (Å²) in [6.45, 7) is 26.5. The van der Waals surface area contributed by atoms with E-state index in [1.54, 1.807) is 0 Å². The summed E-state index contributed by atoms with van der Waals surface area (Å²) in [5, 5.41) is 0. The van der Waals surface area contributed by atoms with Crippen LogP contribution in [0.1, 0.15) is 121 Å². The van der Waals surface area contributed by atoms with E-state index in [1.807, 2.05) is 69.2 Å². The molecule has 0 spiro atoms. The SMILES string of the molecule is CC.CC.CCC(C)(C)C(=O)OCC1CO1.CCC(C)(C)C(=O)OCCOC(C)=O.CCC(C)c1ccccc1. The zero-order valence-electron chi connectivity index (χ0n) is 27.8. The molecule has 0 aromatic heterocycles. The van der Waals surface area contributed by atoms with Crippen LogP contribution in [0.3, 0.4) is 0 Å². The molecule has 7 nitrogen and oxygen atoms in total. The second kappa shape index (κ2) is 24.4. The van der Waals surface area contributed by atoms with Crippen LogP contribution in [0, 0.1) is 10.8 Å². The zero-order valence-corrected chi connectivity index (χ0v) is 27.8. The third kappa shape index (κ3) is 21.4. The fraction of sp³-hybridized carbons (Fsp3) is 0.727. The fourth-order valence-corrected chi connectivity index (χ4v) is 2.35. The molecule has 0 bridgehead atoms. The molecule has 1 aromatic carbocycles. The van der Waals surface area contributed by atoms with Crippen LogP contribution in [0.4, 0.5) is 0 Å². The summed E-state index contributed by atoms with van der Waals surface area (Å²) in [7, 11) is 0. The summed E-state index contributed by atoms with van der Waals surface area (Å²) in [4.78, 5) is 33.1. The third-order valence-corrected chi connectivity index (χ3v) is 6.28. The molecule has 1 fully saturated rings. The van der Waals surface area contributed by atoms with E-state index in [2.05, 4.69) is 48.9 Å². The van der Waals surface area contributed by atoms with E-state index in [4.69, 9.17) is 14.2 Å². The highest BCUT2D eigenvalue weighted by molar-refractivity contribution is 5.76. The average molecular weight is 569 g/mol. The summed E-state index contributed by atoms with van der Waals surface area (Å²) in [6, 6.07) is 10.6. The van der Waals surface area contributed by atoms with E-state index < -0.39 is 5.41 Å². The van der Waals surface area contributed by atoms with Crippen molar-refractivity contribution in [3.05, 3.63) is 35.9 Å². The normalized spacial score (nSPS) is 14.0. The molecule has 234 valence electrons. The Hall–Kier alpha value is -2.41. The van der Waals surface area contributed by atoms with E-state index in [9.17, 15) is 14.4 Å². The van der Waals surface area contributed by atoms with Crippen molar-refractivity contribution in [2.45, 2.75) is 121 Å². The van der Waals surface area contributed by atoms with Crippen molar-refractivity contribution in [2.24, 2.45) is 10.8 Å². The highest BCUT2D eigenvalue weighted by Crippen LogP contribution is 2.23. The van der Waals surface area contributed by atoms with Gasteiger partial charge < -0.3 is 18.9 Å². The Morgan fingerprint density at radius 2 is 1.25 bits per heavy atom. The molecule has 0 amide bonds. The number of rotatable bonds is 11. The van der Waals surface area contributed by atoms with E-state index >= 15 is 0 Å². The van der Waals surface area contributed by atoms with Crippen LogP contribution in [-0.4, -0.2) is 50.4 Å². The van der Waals surface area contributed by atoms with Crippen molar-refractivity contribution in [1.82, 2.24) is 0 Å². The Labute approximate surface area is 245 Å². The number of hydrogen-bond donors (Lipinski definition) is 0. The quantitative estimate of drug-likeness (QED) is 0.115. The molecule has 1 aromatic rings. The first kappa shape index (κ1) is 42.1. The maximum absolute atomic E-state index is 11.4. The highest BCUT2D eigenvalue weighted by atomic mass is 16.6. The molecule has 0 aliphatic carbocycles. The van der Waals surface area contributed by atoms with Gasteiger partial charge in [0.1, 0.15) is 25.9 Å². The maximum Gasteiger partial charge on any atom is 0.311 e. The average Bonchev–Trinajstić information content (AvgIpc) is 3.81.